The number of hydrogen-bond donors (Lipinski definition) is 0. The molecule has 0 unspecified atom stereocenters. The van der Waals surface area contributed by atoms with Gasteiger partial charge < -0.3 is 18.3 Å². The Kier molecular flexibility index (Phi) is 12.6. The average Bonchev–Trinajstić information content (AvgIpc) is 1.57. The molecular formula is C87H66N6. The quantitative estimate of drug-likeness (QED) is 0.152. The van der Waals surface area contributed by atoms with E-state index >= 15 is 0 Å². The van der Waals surface area contributed by atoms with E-state index in [-0.39, 0.29) is 0 Å². The van der Waals surface area contributed by atoms with Crippen molar-refractivity contribution in [3.63, 3.8) is 0 Å². The molecule has 0 aliphatic carbocycles. The first-order valence-corrected chi connectivity index (χ1v) is 32.2. The van der Waals surface area contributed by atoms with Crippen molar-refractivity contribution >= 4 is 87.2 Å². The molecule has 0 saturated heterocycles. The van der Waals surface area contributed by atoms with Crippen LogP contribution in [0.25, 0.3) is 154 Å². The van der Waals surface area contributed by atoms with Gasteiger partial charge in [-0.2, -0.15) is 5.26 Å². The Balaban J connectivity index is 1.02. The lowest BCUT2D eigenvalue weighted by Crippen LogP contribution is -2.08. The summed E-state index contributed by atoms with van der Waals surface area (Å²) in [5.41, 5.74) is 31.4. The highest BCUT2D eigenvalue weighted by Gasteiger charge is 2.32. The minimum Gasteiger partial charge on any atom is -0.309 e. The molecule has 0 atom stereocenters. The molecule has 5 aromatic heterocycles. The van der Waals surface area contributed by atoms with Gasteiger partial charge in [-0.05, 0) is 230 Å². The van der Waals surface area contributed by atoms with Crippen molar-refractivity contribution in [2.24, 2.45) is 0 Å². The summed E-state index contributed by atoms with van der Waals surface area (Å²) in [6.45, 7) is 19.3. The summed E-state index contributed by atoms with van der Waals surface area (Å²) >= 11 is 0. The molecule has 0 saturated carbocycles. The smallest absolute Gasteiger partial charge is 0.102 e. The molecule has 17 rings (SSSR count). The van der Waals surface area contributed by atoms with Crippen LogP contribution >= 0.6 is 0 Å². The van der Waals surface area contributed by atoms with Gasteiger partial charge in [0.05, 0.1) is 55.4 Å². The predicted molar refractivity (Wildman–Crippen MR) is 391 cm³/mol. The Morgan fingerprint density at radius 2 is 0.538 bits per heavy atom. The molecular weight excluding hydrogens is 1130 g/mol. The number of aryl methyl sites for hydroxylation is 9. The molecule has 12 aromatic carbocycles. The number of hydrogen-bond acceptors (Lipinski definition) is 2. The molecule has 93 heavy (non-hydrogen) atoms. The van der Waals surface area contributed by atoms with Gasteiger partial charge in [-0.3, -0.25) is 4.98 Å². The van der Waals surface area contributed by atoms with Gasteiger partial charge in [0.25, 0.3) is 0 Å². The van der Waals surface area contributed by atoms with E-state index in [0.29, 0.717) is 5.56 Å². The Labute approximate surface area is 540 Å². The van der Waals surface area contributed by atoms with Crippen LogP contribution in [0.5, 0.6) is 0 Å². The third-order valence-corrected chi connectivity index (χ3v) is 19.5. The SMILES string of the molecule is Cc1ccc2c(c1)c1cc(C)ccc1n2-c1ccc(-c2c(-c3cc(C)nc(C)c3)c(C#N)c(-n3c4ccccc4c4cc(C)ccc43)c(-c3ccc(-n4c5ccc(C)cc5c5cc(C)ccc54)cc3)c2-c2ccc(-n3c4ccc(C)cc4c4cc(C)ccc43)cc2)cc1. The summed E-state index contributed by atoms with van der Waals surface area (Å²) in [7, 11) is 0. The van der Waals surface area contributed by atoms with Gasteiger partial charge >= 0.3 is 0 Å². The number of para-hydroxylation sites is 1. The number of pyridine rings is 1. The normalized spacial score (nSPS) is 11.9. The van der Waals surface area contributed by atoms with Gasteiger partial charge in [0.1, 0.15) is 6.07 Å². The Morgan fingerprint density at radius 1 is 0.258 bits per heavy atom. The summed E-state index contributed by atoms with van der Waals surface area (Å²) in [5, 5.41) is 22.3. The van der Waals surface area contributed by atoms with Crippen molar-refractivity contribution in [1.82, 2.24) is 23.3 Å². The second kappa shape index (κ2) is 21.0. The molecule has 0 radical (unpaired) electrons. The number of nitriles is 1. The Morgan fingerprint density at radius 3 is 0.871 bits per heavy atom. The number of aromatic nitrogens is 5. The maximum atomic E-state index is 12.7. The van der Waals surface area contributed by atoms with Crippen LogP contribution in [0.2, 0.25) is 0 Å². The van der Waals surface area contributed by atoms with Crippen molar-refractivity contribution in [2.75, 3.05) is 0 Å². The molecule has 6 nitrogen and oxygen atoms in total. The van der Waals surface area contributed by atoms with Crippen LogP contribution in [0, 0.1) is 73.6 Å². The lowest BCUT2D eigenvalue weighted by molar-refractivity contribution is 1.12. The van der Waals surface area contributed by atoms with Gasteiger partial charge in [0.2, 0.25) is 0 Å². The van der Waals surface area contributed by atoms with Gasteiger partial charge in [0, 0.05) is 88.2 Å². The lowest BCUT2D eigenvalue weighted by Gasteiger charge is -2.27. The largest absolute Gasteiger partial charge is 0.309 e. The highest BCUT2D eigenvalue weighted by molar-refractivity contribution is 6.16. The zero-order valence-corrected chi connectivity index (χ0v) is 53.7. The summed E-state index contributed by atoms with van der Waals surface area (Å²) < 4.78 is 9.62. The fraction of sp³-hybridized carbons (Fsp3) is 0.103. The highest BCUT2D eigenvalue weighted by atomic mass is 15.0. The van der Waals surface area contributed by atoms with E-state index in [1.165, 1.54) is 71.3 Å². The second-order valence-corrected chi connectivity index (χ2v) is 26.1. The van der Waals surface area contributed by atoms with E-state index in [2.05, 4.69) is 323 Å². The summed E-state index contributed by atoms with van der Waals surface area (Å²) in [4.78, 5) is 4.99. The van der Waals surface area contributed by atoms with Gasteiger partial charge in [-0.1, -0.05) is 136 Å². The van der Waals surface area contributed by atoms with Crippen molar-refractivity contribution in [3.8, 4) is 73.3 Å². The standard InChI is InChI=1S/C87H66N6/c1-50-20-39-82-67(40-50)66-12-10-11-13-75(66)93(82)87-74(49-88)83(62-47-57(8)89-58(9)48-62)84(59-21-27-63(28-22-59)90-76-33-14-51(2)41-68(76)69-42-52(3)15-34-77(69)90)85(60-23-29-64(30-24-60)91-78-35-16-53(4)43-70(78)71-44-54(5)17-36-79(71)91)86(87)61-25-31-65(32-26-61)92-80-37-18-55(6)45-72(80)73-46-56(7)19-38-81(73)92/h10-48H,1-9H3. The van der Waals surface area contributed by atoms with Crippen molar-refractivity contribution < 1.29 is 0 Å². The molecule has 0 fully saturated rings. The topological polar surface area (TPSA) is 56.4 Å². The van der Waals surface area contributed by atoms with Crippen LogP contribution in [-0.2, 0) is 0 Å². The maximum Gasteiger partial charge on any atom is 0.102 e. The van der Waals surface area contributed by atoms with E-state index in [1.54, 1.807) is 0 Å². The number of rotatable bonds is 8. The van der Waals surface area contributed by atoms with Gasteiger partial charge in [-0.25, -0.2) is 0 Å². The summed E-state index contributed by atoms with van der Waals surface area (Å²) in [6.07, 6.45) is 0. The molecule has 0 aliphatic rings. The molecule has 5 heterocycles. The number of benzene rings is 12. The van der Waals surface area contributed by atoms with Crippen LogP contribution in [0.4, 0.5) is 0 Å². The fourth-order valence-electron chi connectivity index (χ4n) is 15.4. The second-order valence-electron chi connectivity index (χ2n) is 26.1. The average molecular weight is 1200 g/mol. The minimum absolute atomic E-state index is 0.568. The maximum absolute atomic E-state index is 12.7. The first-order chi connectivity index (χ1) is 45.2. The van der Waals surface area contributed by atoms with E-state index < -0.39 is 0 Å². The molecule has 17 aromatic rings. The van der Waals surface area contributed by atoms with Crippen LogP contribution in [0.1, 0.15) is 55.9 Å². The predicted octanol–water partition coefficient (Wildman–Crippen LogP) is 22.8. The first kappa shape index (κ1) is 55.5. The highest BCUT2D eigenvalue weighted by Crippen LogP contribution is 2.53. The number of nitrogens with zero attached hydrogens (tertiary/aromatic N) is 6. The van der Waals surface area contributed by atoms with Crippen LogP contribution in [0.3, 0.4) is 0 Å². The molecule has 0 N–H and O–H groups in total. The van der Waals surface area contributed by atoms with E-state index in [1.807, 2.05) is 0 Å². The van der Waals surface area contributed by atoms with E-state index in [4.69, 9.17) is 4.98 Å². The Bertz CT molecular complexity index is 5870. The zero-order chi connectivity index (χ0) is 63.2. The van der Waals surface area contributed by atoms with Crippen molar-refractivity contribution in [3.05, 3.63) is 292 Å². The van der Waals surface area contributed by atoms with Crippen LogP contribution in [-0.4, -0.2) is 23.3 Å². The van der Waals surface area contributed by atoms with Crippen LogP contribution < -0.4 is 0 Å². The van der Waals surface area contributed by atoms with Gasteiger partial charge in [0.15, 0.2) is 0 Å². The zero-order valence-electron chi connectivity index (χ0n) is 53.7. The Hall–Kier alpha value is -11.5. The van der Waals surface area contributed by atoms with Crippen molar-refractivity contribution in [1.29, 1.82) is 5.26 Å². The van der Waals surface area contributed by atoms with Gasteiger partial charge in [-0.15, -0.1) is 0 Å². The van der Waals surface area contributed by atoms with E-state index in [9.17, 15) is 5.26 Å². The molecule has 6 heteroatoms. The molecule has 0 spiro atoms. The molecule has 0 bridgehead atoms. The number of fused-ring (bicyclic) bond motifs is 12. The summed E-state index contributed by atoms with van der Waals surface area (Å²) in [5.74, 6) is 0. The third kappa shape index (κ3) is 8.72. The first-order valence-electron chi connectivity index (χ1n) is 32.2. The van der Waals surface area contributed by atoms with Crippen molar-refractivity contribution in [2.45, 2.75) is 62.3 Å². The molecule has 0 amide bonds. The third-order valence-electron chi connectivity index (χ3n) is 19.5. The molecule has 444 valence electrons. The monoisotopic (exact) mass is 1190 g/mol. The van der Waals surface area contributed by atoms with Crippen LogP contribution in [0.15, 0.2) is 237 Å². The van der Waals surface area contributed by atoms with E-state index in [0.717, 1.165) is 134 Å². The minimum atomic E-state index is 0.568. The fourth-order valence-corrected chi connectivity index (χ4v) is 15.4. The summed E-state index contributed by atoms with van der Waals surface area (Å²) in [6, 6.07) is 91.1. The molecule has 0 aliphatic heterocycles. The lowest BCUT2D eigenvalue weighted by atomic mass is 9.78.